The molecule has 0 saturated carbocycles. The molecule has 0 amide bonds. The monoisotopic (exact) mass is 249 g/mol. The standard InChI is InChI=1S/C14H23N3O/c1-2-18-14-7-3-6-13(17-14)16-10-8-12-5-4-9-15-11-12/h3,6-7,12,15H,2,4-5,8-11H2,1H3,(H,16,17). The Labute approximate surface area is 109 Å². The Balaban J connectivity index is 1.73. The van der Waals surface area contributed by atoms with Crippen molar-refractivity contribution < 1.29 is 4.74 Å². The number of anilines is 1. The molecule has 0 radical (unpaired) electrons. The van der Waals surface area contributed by atoms with Crippen molar-refractivity contribution in [1.82, 2.24) is 10.3 Å². The highest BCUT2D eigenvalue weighted by Gasteiger charge is 2.12. The van der Waals surface area contributed by atoms with Crippen LogP contribution >= 0.6 is 0 Å². The summed E-state index contributed by atoms with van der Waals surface area (Å²) in [5.41, 5.74) is 0. The molecular formula is C14H23N3O. The highest BCUT2D eigenvalue weighted by molar-refractivity contribution is 5.36. The lowest BCUT2D eigenvalue weighted by molar-refractivity contribution is 0.327. The van der Waals surface area contributed by atoms with Crippen molar-refractivity contribution in [2.45, 2.75) is 26.2 Å². The Bertz CT molecular complexity index is 351. The number of piperidine rings is 1. The summed E-state index contributed by atoms with van der Waals surface area (Å²) in [4.78, 5) is 4.40. The largest absolute Gasteiger partial charge is 0.478 e. The fourth-order valence-electron chi connectivity index (χ4n) is 2.32. The molecule has 0 spiro atoms. The summed E-state index contributed by atoms with van der Waals surface area (Å²) in [6, 6.07) is 5.85. The summed E-state index contributed by atoms with van der Waals surface area (Å²) in [6.07, 6.45) is 3.86. The summed E-state index contributed by atoms with van der Waals surface area (Å²) in [6.45, 7) is 5.95. The van der Waals surface area contributed by atoms with E-state index in [0.717, 1.165) is 24.8 Å². The maximum atomic E-state index is 5.38. The molecule has 1 saturated heterocycles. The van der Waals surface area contributed by atoms with Gasteiger partial charge >= 0.3 is 0 Å². The quantitative estimate of drug-likeness (QED) is 0.812. The summed E-state index contributed by atoms with van der Waals surface area (Å²) < 4.78 is 5.38. The molecule has 1 unspecified atom stereocenters. The number of nitrogens with one attached hydrogen (secondary N) is 2. The van der Waals surface area contributed by atoms with E-state index in [-0.39, 0.29) is 0 Å². The van der Waals surface area contributed by atoms with Gasteiger partial charge in [-0.05, 0) is 51.3 Å². The zero-order valence-electron chi connectivity index (χ0n) is 11.1. The minimum Gasteiger partial charge on any atom is -0.478 e. The van der Waals surface area contributed by atoms with Crippen LogP contribution in [0.3, 0.4) is 0 Å². The fraction of sp³-hybridized carbons (Fsp3) is 0.643. The molecule has 1 aliphatic heterocycles. The lowest BCUT2D eigenvalue weighted by atomic mass is 9.96. The van der Waals surface area contributed by atoms with Crippen molar-refractivity contribution in [3.05, 3.63) is 18.2 Å². The highest BCUT2D eigenvalue weighted by Crippen LogP contribution is 2.15. The second-order valence-electron chi connectivity index (χ2n) is 4.72. The van der Waals surface area contributed by atoms with Crippen LogP contribution in [0.5, 0.6) is 5.88 Å². The van der Waals surface area contributed by atoms with Gasteiger partial charge in [-0.1, -0.05) is 6.07 Å². The van der Waals surface area contributed by atoms with Crippen molar-refractivity contribution in [3.63, 3.8) is 0 Å². The summed E-state index contributed by atoms with van der Waals surface area (Å²) in [5, 5.41) is 6.82. The second kappa shape index (κ2) is 7.21. The molecule has 1 aromatic rings. The average molecular weight is 249 g/mol. The van der Waals surface area contributed by atoms with Crippen molar-refractivity contribution in [1.29, 1.82) is 0 Å². The fourth-order valence-corrected chi connectivity index (χ4v) is 2.32. The Morgan fingerprint density at radius 3 is 3.22 bits per heavy atom. The second-order valence-corrected chi connectivity index (χ2v) is 4.72. The van der Waals surface area contributed by atoms with Gasteiger partial charge in [-0.3, -0.25) is 0 Å². The van der Waals surface area contributed by atoms with E-state index in [1.165, 1.54) is 25.8 Å². The molecule has 1 aliphatic rings. The zero-order valence-corrected chi connectivity index (χ0v) is 11.1. The number of ether oxygens (including phenoxy) is 1. The topological polar surface area (TPSA) is 46.2 Å². The minimum absolute atomic E-state index is 0.657. The molecule has 4 nitrogen and oxygen atoms in total. The van der Waals surface area contributed by atoms with Crippen LogP contribution in [-0.2, 0) is 0 Å². The van der Waals surface area contributed by atoms with E-state index < -0.39 is 0 Å². The normalized spacial score (nSPS) is 19.5. The van der Waals surface area contributed by atoms with E-state index in [4.69, 9.17) is 4.74 Å². The maximum Gasteiger partial charge on any atom is 0.215 e. The summed E-state index contributed by atoms with van der Waals surface area (Å²) >= 11 is 0. The SMILES string of the molecule is CCOc1cccc(NCCC2CCCNC2)n1. The van der Waals surface area contributed by atoms with E-state index in [9.17, 15) is 0 Å². The summed E-state index contributed by atoms with van der Waals surface area (Å²) in [7, 11) is 0. The lowest BCUT2D eigenvalue weighted by Gasteiger charge is -2.22. The van der Waals surface area contributed by atoms with Gasteiger partial charge in [0, 0.05) is 12.6 Å². The Morgan fingerprint density at radius 2 is 2.44 bits per heavy atom. The molecule has 1 atom stereocenters. The van der Waals surface area contributed by atoms with Crippen LogP contribution < -0.4 is 15.4 Å². The van der Waals surface area contributed by atoms with Crippen molar-refractivity contribution in [2.24, 2.45) is 5.92 Å². The van der Waals surface area contributed by atoms with Gasteiger partial charge in [0.1, 0.15) is 5.82 Å². The highest BCUT2D eigenvalue weighted by atomic mass is 16.5. The third-order valence-corrected chi connectivity index (χ3v) is 3.27. The lowest BCUT2D eigenvalue weighted by Crippen LogP contribution is -2.30. The number of rotatable bonds is 6. The zero-order chi connectivity index (χ0) is 12.6. The van der Waals surface area contributed by atoms with Gasteiger partial charge in [-0.15, -0.1) is 0 Å². The van der Waals surface area contributed by atoms with Gasteiger partial charge in [-0.2, -0.15) is 4.98 Å². The molecule has 2 heterocycles. The Morgan fingerprint density at radius 1 is 1.50 bits per heavy atom. The minimum atomic E-state index is 0.657. The molecule has 100 valence electrons. The number of nitrogens with zero attached hydrogens (tertiary/aromatic N) is 1. The van der Waals surface area contributed by atoms with E-state index in [1.54, 1.807) is 0 Å². The first-order valence-electron chi connectivity index (χ1n) is 6.93. The average Bonchev–Trinajstić information content (AvgIpc) is 2.41. The van der Waals surface area contributed by atoms with Crippen LogP contribution in [0.15, 0.2) is 18.2 Å². The van der Waals surface area contributed by atoms with E-state index in [0.29, 0.717) is 12.5 Å². The molecule has 2 rings (SSSR count). The maximum absolute atomic E-state index is 5.38. The molecule has 2 N–H and O–H groups in total. The van der Waals surface area contributed by atoms with E-state index in [2.05, 4.69) is 15.6 Å². The van der Waals surface area contributed by atoms with Crippen molar-refractivity contribution in [3.8, 4) is 5.88 Å². The predicted octanol–water partition coefficient (Wildman–Crippen LogP) is 2.28. The van der Waals surface area contributed by atoms with Gasteiger partial charge in [-0.25, -0.2) is 0 Å². The molecular weight excluding hydrogens is 226 g/mol. The van der Waals surface area contributed by atoms with Gasteiger partial charge < -0.3 is 15.4 Å². The van der Waals surface area contributed by atoms with E-state index in [1.807, 2.05) is 25.1 Å². The van der Waals surface area contributed by atoms with Gasteiger partial charge in [0.2, 0.25) is 5.88 Å². The third kappa shape index (κ3) is 4.18. The predicted molar refractivity (Wildman–Crippen MR) is 74.1 cm³/mol. The molecule has 0 aromatic carbocycles. The van der Waals surface area contributed by atoms with Crippen LogP contribution in [-0.4, -0.2) is 31.2 Å². The smallest absolute Gasteiger partial charge is 0.215 e. The first-order valence-corrected chi connectivity index (χ1v) is 6.93. The Kier molecular flexibility index (Phi) is 5.27. The van der Waals surface area contributed by atoms with Crippen molar-refractivity contribution >= 4 is 5.82 Å². The van der Waals surface area contributed by atoms with Crippen LogP contribution in [0, 0.1) is 5.92 Å². The van der Waals surface area contributed by atoms with Gasteiger partial charge in [0.15, 0.2) is 0 Å². The van der Waals surface area contributed by atoms with Gasteiger partial charge in [0.05, 0.1) is 6.61 Å². The first-order chi connectivity index (χ1) is 8.88. The molecule has 18 heavy (non-hydrogen) atoms. The number of hydrogen-bond acceptors (Lipinski definition) is 4. The third-order valence-electron chi connectivity index (χ3n) is 3.27. The number of pyridine rings is 1. The number of hydrogen-bond donors (Lipinski definition) is 2. The molecule has 4 heteroatoms. The molecule has 1 aromatic heterocycles. The molecule has 0 bridgehead atoms. The van der Waals surface area contributed by atoms with E-state index >= 15 is 0 Å². The van der Waals surface area contributed by atoms with Gasteiger partial charge in [0.25, 0.3) is 0 Å². The molecule has 1 fully saturated rings. The molecule has 0 aliphatic carbocycles. The number of aromatic nitrogens is 1. The van der Waals surface area contributed by atoms with Crippen LogP contribution in [0.1, 0.15) is 26.2 Å². The van der Waals surface area contributed by atoms with Crippen LogP contribution in [0.25, 0.3) is 0 Å². The summed E-state index contributed by atoms with van der Waals surface area (Å²) in [5.74, 6) is 2.41. The first kappa shape index (κ1) is 13.1. The van der Waals surface area contributed by atoms with Crippen molar-refractivity contribution in [2.75, 3.05) is 31.6 Å². The Hall–Kier alpha value is -1.29. The van der Waals surface area contributed by atoms with Crippen LogP contribution in [0.4, 0.5) is 5.82 Å². The van der Waals surface area contributed by atoms with Crippen LogP contribution in [0.2, 0.25) is 0 Å².